The molecule has 0 aromatic heterocycles. The van der Waals surface area contributed by atoms with Gasteiger partial charge in [-0.05, 0) is 69.6 Å². The van der Waals surface area contributed by atoms with Gasteiger partial charge in [0.2, 0.25) is 0 Å². The molecular weight excluding hydrogens is 339 g/mol. The van der Waals surface area contributed by atoms with Crippen LogP contribution in [0.4, 0.5) is 0 Å². The molecule has 0 amide bonds. The topological polar surface area (TPSA) is 88.4 Å². The second-order valence-electron chi connectivity index (χ2n) is 5.30. The molecule has 0 aromatic carbocycles. The van der Waals surface area contributed by atoms with Crippen LogP contribution < -0.4 is 0 Å². The molecule has 0 fully saturated rings. The molecule has 0 bridgehead atoms. The molecule has 23 heavy (non-hydrogen) atoms. The summed E-state index contributed by atoms with van der Waals surface area (Å²) in [5, 5.41) is 26.3. The fraction of sp³-hybridized carbons (Fsp3) is 1.00. The maximum absolute atomic E-state index is 8.76. The van der Waals surface area contributed by atoms with Gasteiger partial charge in [-0.15, -0.1) is 0 Å². The van der Waals surface area contributed by atoms with Crippen molar-refractivity contribution in [2.75, 3.05) is 39.6 Å². The van der Waals surface area contributed by atoms with Gasteiger partial charge in [0.15, 0.2) is 0 Å². The third-order valence-corrected chi connectivity index (χ3v) is 5.60. The molecular formula is C15H33O6PS. The third-order valence-electron chi connectivity index (χ3n) is 3.16. The predicted octanol–water partition coefficient (Wildman–Crippen LogP) is 2.75. The molecule has 3 N–H and O–H groups in total. The Bertz CT molecular complexity index is 250. The Morgan fingerprint density at radius 3 is 1.09 bits per heavy atom. The van der Waals surface area contributed by atoms with E-state index >= 15 is 0 Å². The smallest absolute Gasteiger partial charge is 0.327 e. The molecule has 0 heterocycles. The van der Waals surface area contributed by atoms with Gasteiger partial charge in [0.25, 0.3) is 0 Å². The summed E-state index contributed by atoms with van der Waals surface area (Å²) >= 11 is 5.43. The van der Waals surface area contributed by atoms with Gasteiger partial charge in [-0.1, -0.05) is 0 Å². The molecule has 0 atom stereocenters. The average Bonchev–Trinajstić information content (AvgIpc) is 2.54. The van der Waals surface area contributed by atoms with Crippen LogP contribution in [0.1, 0.15) is 57.8 Å². The lowest BCUT2D eigenvalue weighted by molar-refractivity contribution is 0.148. The number of unbranched alkanes of at least 4 members (excludes halogenated alkanes) is 6. The van der Waals surface area contributed by atoms with Gasteiger partial charge in [-0.25, -0.2) is 0 Å². The van der Waals surface area contributed by atoms with Crippen molar-refractivity contribution in [3.8, 4) is 0 Å². The molecule has 0 rings (SSSR count). The molecule has 0 aliphatic rings. The van der Waals surface area contributed by atoms with Gasteiger partial charge in [-0.2, -0.15) is 0 Å². The number of aliphatic hydroxyl groups excluding tert-OH is 3. The van der Waals surface area contributed by atoms with E-state index in [1.807, 2.05) is 0 Å². The third kappa shape index (κ3) is 15.7. The van der Waals surface area contributed by atoms with Gasteiger partial charge < -0.3 is 28.9 Å². The largest absolute Gasteiger partial charge is 0.396 e. The van der Waals surface area contributed by atoms with Crippen molar-refractivity contribution in [3.63, 3.8) is 0 Å². The van der Waals surface area contributed by atoms with E-state index in [1.54, 1.807) is 0 Å². The predicted molar refractivity (Wildman–Crippen MR) is 95.0 cm³/mol. The molecule has 6 nitrogen and oxygen atoms in total. The summed E-state index contributed by atoms with van der Waals surface area (Å²) in [5.41, 5.74) is 0. The lowest BCUT2D eigenvalue weighted by atomic mass is 10.2. The highest BCUT2D eigenvalue weighted by molar-refractivity contribution is 8.07. The fourth-order valence-electron chi connectivity index (χ4n) is 1.81. The van der Waals surface area contributed by atoms with E-state index in [4.69, 9.17) is 40.7 Å². The summed E-state index contributed by atoms with van der Waals surface area (Å²) in [5.74, 6) is 0. The summed E-state index contributed by atoms with van der Waals surface area (Å²) in [4.78, 5) is 0. The van der Waals surface area contributed by atoms with Crippen molar-refractivity contribution in [3.05, 3.63) is 0 Å². The Morgan fingerprint density at radius 1 is 0.522 bits per heavy atom. The van der Waals surface area contributed by atoms with E-state index in [0.29, 0.717) is 19.8 Å². The summed E-state index contributed by atoms with van der Waals surface area (Å²) in [6, 6.07) is 0. The highest BCUT2D eigenvalue weighted by Gasteiger charge is 2.20. The lowest BCUT2D eigenvalue weighted by Crippen LogP contribution is -2.04. The summed E-state index contributed by atoms with van der Waals surface area (Å²) < 4.78 is 17.1. The summed E-state index contributed by atoms with van der Waals surface area (Å²) in [6.45, 7) is -0.715. The van der Waals surface area contributed by atoms with E-state index in [1.165, 1.54) is 0 Å². The fourth-order valence-corrected chi connectivity index (χ4v) is 3.77. The molecule has 0 aliphatic carbocycles. The normalized spacial score (nSPS) is 12.0. The van der Waals surface area contributed by atoms with E-state index in [9.17, 15) is 0 Å². The minimum atomic E-state index is -2.72. The number of aliphatic hydroxyl groups is 3. The van der Waals surface area contributed by atoms with E-state index in [-0.39, 0.29) is 19.8 Å². The highest BCUT2D eigenvalue weighted by atomic mass is 32.5. The van der Waals surface area contributed by atoms with Crippen molar-refractivity contribution < 1.29 is 28.9 Å². The van der Waals surface area contributed by atoms with Crippen LogP contribution in [-0.4, -0.2) is 55.0 Å². The Morgan fingerprint density at radius 2 is 0.826 bits per heavy atom. The molecule has 8 heteroatoms. The first kappa shape index (κ1) is 23.4. The molecule has 0 unspecified atom stereocenters. The van der Waals surface area contributed by atoms with Crippen LogP contribution in [-0.2, 0) is 25.4 Å². The molecule has 0 aliphatic heterocycles. The minimum Gasteiger partial charge on any atom is -0.396 e. The Hall–Kier alpha value is 0.410. The molecule has 140 valence electrons. The maximum atomic E-state index is 8.76. The van der Waals surface area contributed by atoms with E-state index in [2.05, 4.69) is 0 Å². The Balaban J connectivity index is 4.03. The molecule has 0 spiro atoms. The van der Waals surface area contributed by atoms with E-state index in [0.717, 1.165) is 57.8 Å². The first-order chi connectivity index (χ1) is 11.2. The molecule has 0 aromatic rings. The zero-order valence-corrected chi connectivity index (χ0v) is 15.7. The molecule has 0 saturated carbocycles. The zero-order chi connectivity index (χ0) is 17.2. The lowest BCUT2D eigenvalue weighted by Gasteiger charge is -2.22. The average molecular weight is 372 g/mol. The first-order valence-corrected chi connectivity index (χ1v) is 11.1. The van der Waals surface area contributed by atoms with Crippen LogP contribution in [0.5, 0.6) is 0 Å². The SMILES string of the molecule is OCCCCCOP(=S)(OCCCCCO)OCCCCCO. The van der Waals surface area contributed by atoms with Crippen LogP contribution in [0.25, 0.3) is 0 Å². The number of rotatable bonds is 18. The van der Waals surface area contributed by atoms with Crippen LogP contribution >= 0.6 is 6.72 Å². The van der Waals surface area contributed by atoms with Crippen molar-refractivity contribution >= 4 is 18.5 Å². The van der Waals surface area contributed by atoms with Crippen LogP contribution in [0.3, 0.4) is 0 Å². The Labute approximate surface area is 145 Å². The minimum absolute atomic E-state index is 0.191. The van der Waals surface area contributed by atoms with Crippen molar-refractivity contribution in [2.24, 2.45) is 0 Å². The van der Waals surface area contributed by atoms with Gasteiger partial charge in [0.05, 0.1) is 19.8 Å². The van der Waals surface area contributed by atoms with Crippen LogP contribution in [0.2, 0.25) is 0 Å². The molecule has 0 saturated heterocycles. The van der Waals surface area contributed by atoms with Crippen LogP contribution in [0, 0.1) is 0 Å². The van der Waals surface area contributed by atoms with Gasteiger partial charge in [0.1, 0.15) is 0 Å². The maximum Gasteiger partial charge on any atom is 0.327 e. The number of hydrogen-bond donors (Lipinski definition) is 3. The molecule has 0 radical (unpaired) electrons. The summed E-state index contributed by atoms with van der Waals surface area (Å²) in [6.07, 6.45) is 7.40. The van der Waals surface area contributed by atoms with Crippen molar-refractivity contribution in [2.45, 2.75) is 57.8 Å². The van der Waals surface area contributed by atoms with Crippen molar-refractivity contribution in [1.29, 1.82) is 0 Å². The summed E-state index contributed by atoms with van der Waals surface area (Å²) in [7, 11) is 0. The Kier molecular flexibility index (Phi) is 17.5. The highest BCUT2D eigenvalue weighted by Crippen LogP contribution is 2.50. The van der Waals surface area contributed by atoms with E-state index < -0.39 is 6.72 Å². The monoisotopic (exact) mass is 372 g/mol. The second kappa shape index (κ2) is 17.2. The zero-order valence-electron chi connectivity index (χ0n) is 14.0. The number of hydrogen-bond acceptors (Lipinski definition) is 7. The second-order valence-corrected chi connectivity index (χ2v) is 8.31. The van der Waals surface area contributed by atoms with Crippen molar-refractivity contribution in [1.82, 2.24) is 0 Å². The van der Waals surface area contributed by atoms with Gasteiger partial charge in [0, 0.05) is 19.8 Å². The van der Waals surface area contributed by atoms with Crippen LogP contribution in [0.15, 0.2) is 0 Å². The van der Waals surface area contributed by atoms with Gasteiger partial charge in [-0.3, -0.25) is 0 Å². The quantitative estimate of drug-likeness (QED) is 0.252. The van der Waals surface area contributed by atoms with Gasteiger partial charge >= 0.3 is 6.72 Å². The standard InChI is InChI=1S/C15H33O6PS/c16-10-4-1-7-13-19-22(23,20-14-8-2-5-11-17)21-15-9-3-6-12-18/h16-18H,1-15H2. The first-order valence-electron chi connectivity index (χ1n) is 8.55.